The normalized spacial score (nSPS) is 14.6. The van der Waals surface area contributed by atoms with Crippen LogP contribution in [0, 0.1) is 5.82 Å². The molecule has 1 aliphatic rings. The molecule has 208 valence electrons. The van der Waals surface area contributed by atoms with Gasteiger partial charge in [-0.15, -0.1) is 0 Å². The number of carbonyl (C=O) groups excluding carboxylic acids is 3. The van der Waals surface area contributed by atoms with Gasteiger partial charge in [0.15, 0.2) is 0 Å². The number of nitrogens with zero attached hydrogens (tertiary/aromatic N) is 1. The molecule has 1 aliphatic heterocycles. The largest absolute Gasteiger partial charge is 0.495 e. The minimum Gasteiger partial charge on any atom is -0.495 e. The number of methoxy groups -OCH3 is 1. The molecule has 13 heteroatoms. The second-order valence-corrected chi connectivity index (χ2v) is 10.2. The molecule has 0 saturated carbocycles. The zero-order valence-corrected chi connectivity index (χ0v) is 23.0. The maximum absolute atomic E-state index is 13.4. The summed E-state index contributed by atoms with van der Waals surface area (Å²) in [6.07, 6.45) is -3.19. The lowest BCUT2D eigenvalue weighted by Crippen LogP contribution is -2.36. The van der Waals surface area contributed by atoms with E-state index in [-0.39, 0.29) is 28.8 Å². The first-order valence-corrected chi connectivity index (χ1v) is 13.0. The highest BCUT2D eigenvalue weighted by molar-refractivity contribution is 9.10. The van der Waals surface area contributed by atoms with Crippen molar-refractivity contribution in [2.24, 2.45) is 0 Å². The van der Waals surface area contributed by atoms with Crippen molar-refractivity contribution in [2.75, 3.05) is 19.0 Å². The molecule has 3 amide bonds. The molecule has 3 aromatic carbocycles. The third-order valence-corrected chi connectivity index (χ3v) is 7.04. The van der Waals surface area contributed by atoms with Gasteiger partial charge in [0.05, 0.1) is 27.7 Å². The van der Waals surface area contributed by atoms with E-state index in [1.807, 2.05) is 0 Å². The van der Waals surface area contributed by atoms with Gasteiger partial charge in [-0.25, -0.2) is 4.39 Å². The molecule has 0 bridgehead atoms. The van der Waals surface area contributed by atoms with Crippen molar-refractivity contribution in [2.45, 2.75) is 12.8 Å². The van der Waals surface area contributed by atoms with Gasteiger partial charge in [0.25, 0.3) is 11.1 Å². The molecule has 0 unspecified atom stereocenters. The van der Waals surface area contributed by atoms with Crippen LogP contribution in [0.25, 0.3) is 6.08 Å². The van der Waals surface area contributed by atoms with E-state index in [0.717, 1.165) is 12.1 Å². The van der Waals surface area contributed by atoms with Crippen molar-refractivity contribution in [3.05, 3.63) is 92.5 Å². The van der Waals surface area contributed by atoms with E-state index in [9.17, 15) is 31.9 Å². The van der Waals surface area contributed by atoms with Crippen molar-refractivity contribution in [3.63, 3.8) is 0 Å². The molecule has 4 rings (SSSR count). The van der Waals surface area contributed by atoms with E-state index >= 15 is 0 Å². The number of ether oxygens (including phenoxy) is 2. The standard InChI is InChI=1S/C27H19BrF4N2O5S/c1-38-22-8-6-17(27(30,31)32)12-20(22)33-24(35)13-34-25(36)23(40-26(34)37)11-15-5-7-21(19(28)10-15)39-14-16-3-2-4-18(29)9-16/h2-12H,13-14H2,1H3,(H,33,35)/b23-11-. The molecular formula is C27H19BrF4N2O5S. The third kappa shape index (κ3) is 7.02. The lowest BCUT2D eigenvalue weighted by atomic mass is 10.1. The lowest BCUT2D eigenvalue weighted by Gasteiger charge is -2.16. The summed E-state index contributed by atoms with van der Waals surface area (Å²) >= 11 is 4.01. The fraction of sp³-hybridized carbons (Fsp3) is 0.148. The van der Waals surface area contributed by atoms with Crippen LogP contribution in [0.4, 0.5) is 28.0 Å². The number of imide groups is 1. The van der Waals surface area contributed by atoms with Crippen molar-refractivity contribution in [1.82, 2.24) is 4.90 Å². The number of hydrogen-bond donors (Lipinski definition) is 1. The molecule has 40 heavy (non-hydrogen) atoms. The summed E-state index contributed by atoms with van der Waals surface area (Å²) in [6, 6.07) is 13.5. The summed E-state index contributed by atoms with van der Waals surface area (Å²) in [6.45, 7) is -0.582. The number of benzene rings is 3. The first-order valence-electron chi connectivity index (χ1n) is 11.4. The van der Waals surface area contributed by atoms with Gasteiger partial charge < -0.3 is 14.8 Å². The highest BCUT2D eigenvalue weighted by Crippen LogP contribution is 2.36. The fourth-order valence-electron chi connectivity index (χ4n) is 3.61. The first kappa shape index (κ1) is 29.2. The number of anilines is 1. The second kappa shape index (κ2) is 12.1. The fourth-order valence-corrected chi connectivity index (χ4v) is 4.96. The van der Waals surface area contributed by atoms with E-state index in [1.54, 1.807) is 30.3 Å². The summed E-state index contributed by atoms with van der Waals surface area (Å²) < 4.78 is 63.9. The number of thioether (sulfide) groups is 1. The van der Waals surface area contributed by atoms with Gasteiger partial charge in [-0.3, -0.25) is 19.3 Å². The van der Waals surface area contributed by atoms with Crippen molar-refractivity contribution in [3.8, 4) is 11.5 Å². The van der Waals surface area contributed by atoms with Crippen molar-refractivity contribution < 1.29 is 41.4 Å². The number of carbonyl (C=O) groups is 3. The number of hydrogen-bond acceptors (Lipinski definition) is 6. The summed E-state index contributed by atoms with van der Waals surface area (Å²) in [7, 11) is 1.22. The van der Waals surface area contributed by atoms with Crippen LogP contribution in [0.5, 0.6) is 11.5 Å². The van der Waals surface area contributed by atoms with Crippen LogP contribution in [-0.2, 0) is 22.4 Å². The molecule has 1 heterocycles. The Morgan fingerprint density at radius 3 is 2.50 bits per heavy atom. The van der Waals surface area contributed by atoms with Crippen LogP contribution in [0.15, 0.2) is 70.0 Å². The monoisotopic (exact) mass is 638 g/mol. The minimum atomic E-state index is -4.65. The Morgan fingerprint density at radius 1 is 1.07 bits per heavy atom. The van der Waals surface area contributed by atoms with Crippen molar-refractivity contribution in [1.29, 1.82) is 0 Å². The van der Waals surface area contributed by atoms with Crippen molar-refractivity contribution >= 4 is 56.5 Å². The average Bonchev–Trinajstić information content (AvgIpc) is 3.14. The first-order chi connectivity index (χ1) is 18.9. The second-order valence-electron chi connectivity index (χ2n) is 8.34. The van der Waals surface area contributed by atoms with Gasteiger partial charge in [0.1, 0.15) is 30.5 Å². The number of halogens is 5. The van der Waals surface area contributed by atoms with Crippen LogP contribution in [0.3, 0.4) is 0 Å². The SMILES string of the molecule is COc1ccc(C(F)(F)F)cc1NC(=O)CN1C(=O)S/C(=C\c2ccc(OCc3cccc(F)c3)c(Br)c2)C1=O. The highest BCUT2D eigenvalue weighted by atomic mass is 79.9. The Morgan fingerprint density at radius 2 is 1.82 bits per heavy atom. The van der Waals surface area contributed by atoms with Crippen LogP contribution < -0.4 is 14.8 Å². The summed E-state index contributed by atoms with van der Waals surface area (Å²) in [5.41, 5.74) is -0.0718. The minimum absolute atomic E-state index is 0.0238. The van der Waals surface area contributed by atoms with E-state index in [1.165, 1.54) is 25.3 Å². The molecule has 1 N–H and O–H groups in total. The molecule has 0 radical (unpaired) electrons. The predicted molar refractivity (Wildman–Crippen MR) is 144 cm³/mol. The molecule has 3 aromatic rings. The summed E-state index contributed by atoms with van der Waals surface area (Å²) in [5.74, 6) is -1.55. The number of nitrogens with one attached hydrogen (secondary N) is 1. The topological polar surface area (TPSA) is 84.9 Å². The average molecular weight is 639 g/mol. The Kier molecular flexibility index (Phi) is 8.84. The van der Waals surface area contributed by atoms with E-state index in [2.05, 4.69) is 21.2 Å². The van der Waals surface area contributed by atoms with Gasteiger partial charge in [0, 0.05) is 0 Å². The Bertz CT molecular complexity index is 1510. The zero-order valence-electron chi connectivity index (χ0n) is 20.6. The Hall–Kier alpha value is -3.84. The smallest absolute Gasteiger partial charge is 0.416 e. The van der Waals surface area contributed by atoms with Crippen LogP contribution >= 0.6 is 27.7 Å². The van der Waals surface area contributed by atoms with Gasteiger partial charge in [0.2, 0.25) is 5.91 Å². The maximum atomic E-state index is 13.4. The van der Waals surface area contributed by atoms with Crippen LogP contribution in [-0.4, -0.2) is 35.6 Å². The van der Waals surface area contributed by atoms with Gasteiger partial charge in [-0.1, -0.05) is 18.2 Å². The quantitative estimate of drug-likeness (QED) is 0.214. The molecule has 0 aliphatic carbocycles. The lowest BCUT2D eigenvalue weighted by molar-refractivity contribution is -0.137. The van der Waals surface area contributed by atoms with Crippen LogP contribution in [0.2, 0.25) is 0 Å². The molecule has 7 nitrogen and oxygen atoms in total. The summed E-state index contributed by atoms with van der Waals surface area (Å²) in [4.78, 5) is 38.6. The molecule has 1 fully saturated rings. The molecule has 1 saturated heterocycles. The number of rotatable bonds is 8. The van der Waals surface area contributed by atoms with E-state index in [0.29, 0.717) is 44.1 Å². The molecular weight excluding hydrogens is 620 g/mol. The van der Waals surface area contributed by atoms with Crippen LogP contribution in [0.1, 0.15) is 16.7 Å². The van der Waals surface area contributed by atoms with Gasteiger partial charge in [-0.2, -0.15) is 13.2 Å². The Labute approximate surface area is 238 Å². The molecule has 0 spiro atoms. The zero-order chi connectivity index (χ0) is 29.0. The molecule has 0 atom stereocenters. The maximum Gasteiger partial charge on any atom is 0.416 e. The molecule has 0 aromatic heterocycles. The summed E-state index contributed by atoms with van der Waals surface area (Å²) in [5, 5.41) is 1.56. The highest BCUT2D eigenvalue weighted by Gasteiger charge is 2.37. The van der Waals surface area contributed by atoms with Gasteiger partial charge >= 0.3 is 6.18 Å². The third-order valence-electron chi connectivity index (χ3n) is 5.51. The van der Waals surface area contributed by atoms with Gasteiger partial charge in [-0.05, 0) is 87.4 Å². The number of amides is 3. The van der Waals surface area contributed by atoms with E-state index < -0.39 is 35.3 Å². The predicted octanol–water partition coefficient (Wildman–Crippen LogP) is 6.87. The number of alkyl halides is 3. The van der Waals surface area contributed by atoms with E-state index in [4.69, 9.17) is 9.47 Å². The Balaban J connectivity index is 1.42.